The predicted molar refractivity (Wildman–Crippen MR) is 76.4 cm³/mol. The quantitative estimate of drug-likeness (QED) is 0.860. The first kappa shape index (κ1) is 13.0. The molecule has 0 fully saturated rings. The van der Waals surface area contributed by atoms with Crippen LogP contribution in [-0.2, 0) is 6.42 Å². The van der Waals surface area contributed by atoms with Crippen LogP contribution in [0.25, 0.3) is 0 Å². The molecule has 0 saturated carbocycles. The number of fused-ring (bicyclic) bond motifs is 1. The number of benzene rings is 2. The molecule has 0 aliphatic carbocycles. The van der Waals surface area contributed by atoms with Gasteiger partial charge in [-0.2, -0.15) is 5.26 Å². The Morgan fingerprint density at radius 1 is 1.25 bits per heavy atom. The van der Waals surface area contributed by atoms with E-state index in [9.17, 15) is 4.39 Å². The van der Waals surface area contributed by atoms with Gasteiger partial charge in [0.15, 0.2) is 0 Å². The fourth-order valence-electron chi connectivity index (χ4n) is 2.26. The molecule has 4 heteroatoms. The first-order chi connectivity index (χ1) is 9.78. The van der Waals surface area contributed by atoms with E-state index in [-0.39, 0.29) is 5.56 Å². The average molecular weight is 285 g/mol. The molecule has 0 spiro atoms. The Labute approximate surface area is 121 Å². The Morgan fingerprint density at radius 3 is 2.90 bits per heavy atom. The maximum Gasteiger partial charge on any atom is 0.144 e. The van der Waals surface area contributed by atoms with Crippen LogP contribution >= 0.6 is 11.8 Å². The van der Waals surface area contributed by atoms with Gasteiger partial charge in [0, 0.05) is 10.1 Å². The number of rotatable bonds is 3. The lowest BCUT2D eigenvalue weighted by Crippen LogP contribution is -2.14. The summed E-state index contributed by atoms with van der Waals surface area (Å²) in [7, 11) is 0. The van der Waals surface area contributed by atoms with E-state index in [0.717, 1.165) is 6.42 Å². The Bertz CT molecular complexity index is 655. The lowest BCUT2D eigenvalue weighted by atomic mass is 10.1. The maximum absolute atomic E-state index is 13.5. The van der Waals surface area contributed by atoms with Gasteiger partial charge in [-0.3, -0.25) is 0 Å². The molecule has 2 nitrogen and oxygen atoms in total. The fraction of sp³-hybridized carbons (Fsp3) is 0.188. The van der Waals surface area contributed by atoms with E-state index in [4.69, 9.17) is 10.00 Å². The van der Waals surface area contributed by atoms with E-state index < -0.39 is 5.82 Å². The molecule has 0 N–H and O–H groups in total. The van der Waals surface area contributed by atoms with Gasteiger partial charge in [-0.05, 0) is 30.2 Å². The van der Waals surface area contributed by atoms with Crippen LogP contribution in [0.2, 0.25) is 0 Å². The molecule has 1 unspecified atom stereocenters. The topological polar surface area (TPSA) is 33.0 Å². The normalized spacial score (nSPS) is 16.5. The molecule has 2 aromatic rings. The summed E-state index contributed by atoms with van der Waals surface area (Å²) in [6.07, 6.45) is 0.943. The summed E-state index contributed by atoms with van der Waals surface area (Å²) in [4.78, 5) is 1.28. The summed E-state index contributed by atoms with van der Waals surface area (Å²) in [5.74, 6) is -0.212. The summed E-state index contributed by atoms with van der Waals surface area (Å²) in [5, 5.41) is 9.27. The van der Waals surface area contributed by atoms with E-state index >= 15 is 0 Å². The highest BCUT2D eigenvalue weighted by Gasteiger charge is 2.22. The minimum Gasteiger partial charge on any atom is -0.491 e. The summed E-state index contributed by atoms with van der Waals surface area (Å²) in [5.41, 5.74) is 1.30. The Morgan fingerprint density at radius 2 is 2.10 bits per heavy atom. The molecular formula is C16H12FNOS. The smallest absolute Gasteiger partial charge is 0.144 e. The van der Waals surface area contributed by atoms with E-state index in [2.05, 4.69) is 12.1 Å². The predicted octanol–water partition coefficient (Wildman–Crippen LogP) is 3.79. The highest BCUT2D eigenvalue weighted by Crippen LogP contribution is 2.37. The number of nitrogens with zero attached hydrogens (tertiary/aromatic N) is 1. The molecule has 0 amide bonds. The van der Waals surface area contributed by atoms with Crippen LogP contribution in [0.5, 0.6) is 5.75 Å². The molecule has 0 saturated heterocycles. The van der Waals surface area contributed by atoms with Crippen molar-refractivity contribution in [2.24, 2.45) is 0 Å². The minimum atomic E-state index is -0.535. The zero-order chi connectivity index (χ0) is 13.9. The van der Waals surface area contributed by atoms with Crippen LogP contribution in [0.3, 0.4) is 0 Å². The average Bonchev–Trinajstić information content (AvgIpc) is 2.88. The third kappa shape index (κ3) is 2.50. The Kier molecular flexibility index (Phi) is 3.62. The molecule has 0 bridgehead atoms. The third-order valence-electron chi connectivity index (χ3n) is 3.23. The first-order valence-electron chi connectivity index (χ1n) is 6.34. The van der Waals surface area contributed by atoms with Crippen LogP contribution < -0.4 is 4.74 Å². The largest absolute Gasteiger partial charge is 0.491 e. The molecule has 0 aromatic heterocycles. The van der Waals surface area contributed by atoms with Crippen LogP contribution in [0, 0.1) is 17.1 Å². The number of hydrogen-bond donors (Lipinski definition) is 0. The van der Waals surface area contributed by atoms with E-state index in [1.807, 2.05) is 18.2 Å². The SMILES string of the molecule is N#Cc1c(F)cccc1OCC1Cc2ccccc2S1. The summed E-state index contributed by atoms with van der Waals surface area (Å²) in [6.45, 7) is 0.470. The molecule has 0 radical (unpaired) electrons. The molecular weight excluding hydrogens is 273 g/mol. The first-order valence-corrected chi connectivity index (χ1v) is 7.22. The molecule has 1 aliphatic rings. The molecule has 100 valence electrons. The van der Waals surface area contributed by atoms with Crippen molar-refractivity contribution in [2.45, 2.75) is 16.6 Å². The van der Waals surface area contributed by atoms with Gasteiger partial charge in [0.25, 0.3) is 0 Å². The lowest BCUT2D eigenvalue weighted by molar-refractivity contribution is 0.315. The molecule has 1 aliphatic heterocycles. The number of thioether (sulfide) groups is 1. The Balaban J connectivity index is 1.68. The van der Waals surface area contributed by atoms with Crippen molar-refractivity contribution in [3.8, 4) is 11.8 Å². The van der Waals surface area contributed by atoms with Crippen molar-refractivity contribution in [2.75, 3.05) is 6.61 Å². The van der Waals surface area contributed by atoms with Crippen molar-refractivity contribution in [1.29, 1.82) is 5.26 Å². The number of hydrogen-bond acceptors (Lipinski definition) is 3. The van der Waals surface area contributed by atoms with Crippen LogP contribution in [0.15, 0.2) is 47.4 Å². The molecule has 2 aromatic carbocycles. The van der Waals surface area contributed by atoms with Gasteiger partial charge in [0.1, 0.15) is 29.8 Å². The second-order valence-electron chi connectivity index (χ2n) is 4.59. The van der Waals surface area contributed by atoms with Crippen molar-refractivity contribution < 1.29 is 9.13 Å². The van der Waals surface area contributed by atoms with Gasteiger partial charge in [0.2, 0.25) is 0 Å². The highest BCUT2D eigenvalue weighted by atomic mass is 32.2. The van der Waals surface area contributed by atoms with Gasteiger partial charge in [-0.1, -0.05) is 24.3 Å². The van der Waals surface area contributed by atoms with Gasteiger partial charge in [-0.15, -0.1) is 11.8 Å². The van der Waals surface area contributed by atoms with Crippen LogP contribution in [0.1, 0.15) is 11.1 Å². The minimum absolute atomic E-state index is 0.0204. The standard InChI is InChI=1S/C16H12FNOS/c17-14-5-3-6-15(13(14)9-18)19-10-12-8-11-4-1-2-7-16(11)20-12/h1-7,12H,8,10H2. The molecule has 3 rings (SSSR count). The van der Waals surface area contributed by atoms with Crippen molar-refractivity contribution in [1.82, 2.24) is 0 Å². The fourth-order valence-corrected chi connectivity index (χ4v) is 3.48. The second kappa shape index (κ2) is 5.56. The zero-order valence-electron chi connectivity index (χ0n) is 10.7. The van der Waals surface area contributed by atoms with E-state index in [1.165, 1.54) is 16.5 Å². The number of halogens is 1. The summed E-state index contributed by atoms with van der Waals surface area (Å²) in [6, 6.07) is 14.6. The third-order valence-corrected chi connectivity index (χ3v) is 4.51. The lowest BCUT2D eigenvalue weighted by Gasteiger charge is -2.12. The number of nitriles is 1. The molecule has 1 atom stereocenters. The van der Waals surface area contributed by atoms with Gasteiger partial charge in [0.05, 0.1) is 0 Å². The van der Waals surface area contributed by atoms with E-state index in [1.54, 1.807) is 23.9 Å². The zero-order valence-corrected chi connectivity index (χ0v) is 11.5. The monoisotopic (exact) mass is 285 g/mol. The van der Waals surface area contributed by atoms with Gasteiger partial charge < -0.3 is 4.74 Å². The van der Waals surface area contributed by atoms with Gasteiger partial charge >= 0.3 is 0 Å². The van der Waals surface area contributed by atoms with Crippen molar-refractivity contribution in [3.05, 3.63) is 59.4 Å². The van der Waals surface area contributed by atoms with E-state index in [0.29, 0.717) is 17.6 Å². The van der Waals surface area contributed by atoms with Crippen molar-refractivity contribution >= 4 is 11.8 Å². The maximum atomic E-state index is 13.5. The summed E-state index contributed by atoms with van der Waals surface area (Å²) >= 11 is 1.77. The highest BCUT2D eigenvalue weighted by molar-refractivity contribution is 8.00. The van der Waals surface area contributed by atoms with Crippen molar-refractivity contribution in [3.63, 3.8) is 0 Å². The molecule has 20 heavy (non-hydrogen) atoms. The summed E-state index contributed by atoms with van der Waals surface area (Å²) < 4.78 is 19.1. The second-order valence-corrected chi connectivity index (χ2v) is 5.93. The Hall–Kier alpha value is -1.99. The number of ether oxygens (including phenoxy) is 1. The molecule has 1 heterocycles. The van der Waals surface area contributed by atoms with Crippen LogP contribution in [-0.4, -0.2) is 11.9 Å². The van der Waals surface area contributed by atoms with Gasteiger partial charge in [-0.25, -0.2) is 4.39 Å². The van der Waals surface area contributed by atoms with Crippen LogP contribution in [0.4, 0.5) is 4.39 Å².